The molecule has 2 nitrogen and oxygen atoms in total. The fourth-order valence-electron chi connectivity index (χ4n) is 4.92. The molecule has 2 heteroatoms. The molecule has 0 saturated carbocycles. The third-order valence-electron chi connectivity index (χ3n) is 6.56. The molecule has 156 valence electrons. The monoisotopic (exact) mass is 399 g/mol. The average molecular weight is 400 g/mol. The number of nitrogens with zero attached hydrogens (tertiary/aromatic N) is 1. The standard InChI is InChI=1S/C28H33NO/c30-27(23-11-4-1-5-12-23)17-10-20-29-21-18-26(19-22-29)28(24-13-6-2-7-14-24)25-15-8-3-9-16-25/h1-9,11-16,26-28,30H,10,17-22H2. The van der Waals surface area contributed by atoms with Crippen molar-refractivity contribution in [2.75, 3.05) is 19.6 Å². The number of hydrogen-bond acceptors (Lipinski definition) is 2. The van der Waals surface area contributed by atoms with Crippen molar-refractivity contribution in [3.05, 3.63) is 108 Å². The maximum atomic E-state index is 10.4. The average Bonchev–Trinajstić information content (AvgIpc) is 2.82. The molecule has 1 saturated heterocycles. The third-order valence-corrected chi connectivity index (χ3v) is 6.56. The molecule has 0 amide bonds. The molecule has 0 radical (unpaired) electrons. The largest absolute Gasteiger partial charge is 0.388 e. The summed E-state index contributed by atoms with van der Waals surface area (Å²) in [4.78, 5) is 2.58. The van der Waals surface area contributed by atoms with Crippen LogP contribution in [0.3, 0.4) is 0 Å². The second kappa shape index (κ2) is 10.6. The van der Waals surface area contributed by atoms with Crippen molar-refractivity contribution in [1.82, 2.24) is 4.90 Å². The van der Waals surface area contributed by atoms with Crippen LogP contribution >= 0.6 is 0 Å². The van der Waals surface area contributed by atoms with Crippen molar-refractivity contribution < 1.29 is 5.11 Å². The number of rotatable bonds is 8. The maximum Gasteiger partial charge on any atom is 0.0790 e. The highest BCUT2D eigenvalue weighted by Gasteiger charge is 2.28. The number of piperidine rings is 1. The van der Waals surface area contributed by atoms with Crippen LogP contribution in [0.25, 0.3) is 0 Å². The van der Waals surface area contributed by atoms with E-state index in [9.17, 15) is 5.11 Å². The Bertz CT molecular complexity index is 817. The van der Waals surface area contributed by atoms with Gasteiger partial charge < -0.3 is 10.0 Å². The van der Waals surface area contributed by atoms with Crippen molar-refractivity contribution in [3.63, 3.8) is 0 Å². The van der Waals surface area contributed by atoms with E-state index in [0.717, 1.165) is 38.0 Å². The van der Waals surface area contributed by atoms with Gasteiger partial charge in [0.25, 0.3) is 0 Å². The van der Waals surface area contributed by atoms with Gasteiger partial charge in [-0.25, -0.2) is 0 Å². The molecular formula is C28H33NO. The lowest BCUT2D eigenvalue weighted by Gasteiger charge is -2.36. The minimum atomic E-state index is -0.343. The highest BCUT2D eigenvalue weighted by molar-refractivity contribution is 5.33. The minimum Gasteiger partial charge on any atom is -0.388 e. The van der Waals surface area contributed by atoms with Gasteiger partial charge in [0.05, 0.1) is 6.10 Å². The lowest BCUT2D eigenvalue weighted by atomic mass is 9.76. The summed E-state index contributed by atoms with van der Waals surface area (Å²) in [7, 11) is 0. The van der Waals surface area contributed by atoms with Crippen LogP contribution in [0, 0.1) is 5.92 Å². The topological polar surface area (TPSA) is 23.5 Å². The van der Waals surface area contributed by atoms with E-state index in [-0.39, 0.29) is 6.10 Å². The molecule has 3 aromatic carbocycles. The summed E-state index contributed by atoms with van der Waals surface area (Å²) in [5, 5.41) is 10.4. The molecule has 1 atom stereocenters. The third kappa shape index (κ3) is 5.38. The molecule has 1 heterocycles. The Labute approximate surface area is 181 Å². The van der Waals surface area contributed by atoms with Crippen LogP contribution in [0.15, 0.2) is 91.0 Å². The van der Waals surface area contributed by atoms with Crippen LogP contribution < -0.4 is 0 Å². The second-order valence-corrected chi connectivity index (χ2v) is 8.55. The summed E-state index contributed by atoms with van der Waals surface area (Å²) < 4.78 is 0. The van der Waals surface area contributed by atoms with E-state index in [0.29, 0.717) is 11.8 Å². The Morgan fingerprint density at radius 2 is 1.17 bits per heavy atom. The molecule has 0 aromatic heterocycles. The minimum absolute atomic E-state index is 0.343. The smallest absolute Gasteiger partial charge is 0.0790 e. The van der Waals surface area contributed by atoms with Gasteiger partial charge in [-0.05, 0) is 67.9 Å². The zero-order valence-electron chi connectivity index (χ0n) is 17.7. The van der Waals surface area contributed by atoms with Crippen LogP contribution in [0.2, 0.25) is 0 Å². The highest BCUT2D eigenvalue weighted by atomic mass is 16.3. The van der Waals surface area contributed by atoms with Gasteiger partial charge in [-0.1, -0.05) is 91.0 Å². The predicted octanol–water partition coefficient (Wildman–Crippen LogP) is 6.04. The lowest BCUT2D eigenvalue weighted by Crippen LogP contribution is -2.36. The summed E-state index contributed by atoms with van der Waals surface area (Å²) in [6, 6.07) is 32.1. The number of hydrogen-bond donors (Lipinski definition) is 1. The van der Waals surface area contributed by atoms with Gasteiger partial charge in [0.15, 0.2) is 0 Å². The van der Waals surface area contributed by atoms with Gasteiger partial charge in [-0.3, -0.25) is 0 Å². The van der Waals surface area contributed by atoms with E-state index in [1.54, 1.807) is 0 Å². The number of likely N-dealkylation sites (tertiary alicyclic amines) is 1. The van der Waals surface area contributed by atoms with E-state index in [1.807, 2.05) is 30.3 Å². The van der Waals surface area contributed by atoms with Crippen LogP contribution in [0.1, 0.15) is 54.4 Å². The van der Waals surface area contributed by atoms with Gasteiger partial charge in [-0.2, -0.15) is 0 Å². The van der Waals surface area contributed by atoms with Crippen LogP contribution in [0.4, 0.5) is 0 Å². The van der Waals surface area contributed by atoms with Crippen LogP contribution in [-0.2, 0) is 0 Å². The molecule has 4 rings (SSSR count). The predicted molar refractivity (Wildman–Crippen MR) is 125 cm³/mol. The van der Waals surface area contributed by atoms with Crippen LogP contribution in [0.5, 0.6) is 0 Å². The fourth-order valence-corrected chi connectivity index (χ4v) is 4.92. The Hall–Kier alpha value is -2.42. The summed E-state index contributed by atoms with van der Waals surface area (Å²) in [5.74, 6) is 1.16. The Balaban J connectivity index is 1.31. The van der Waals surface area contributed by atoms with E-state index in [1.165, 1.54) is 24.0 Å². The summed E-state index contributed by atoms with van der Waals surface area (Å²) in [5.41, 5.74) is 3.91. The molecule has 0 bridgehead atoms. The van der Waals surface area contributed by atoms with Crippen LogP contribution in [-0.4, -0.2) is 29.6 Å². The zero-order chi connectivity index (χ0) is 20.6. The SMILES string of the molecule is OC(CCCN1CCC(C(c2ccccc2)c2ccccc2)CC1)c1ccccc1. The molecular weight excluding hydrogens is 366 g/mol. The highest BCUT2D eigenvalue weighted by Crippen LogP contribution is 2.38. The van der Waals surface area contributed by atoms with E-state index >= 15 is 0 Å². The van der Waals surface area contributed by atoms with Gasteiger partial charge in [0, 0.05) is 5.92 Å². The lowest BCUT2D eigenvalue weighted by molar-refractivity contribution is 0.140. The molecule has 0 aliphatic carbocycles. The van der Waals surface area contributed by atoms with E-state index in [2.05, 4.69) is 65.6 Å². The zero-order valence-corrected chi connectivity index (χ0v) is 17.7. The van der Waals surface area contributed by atoms with Crippen molar-refractivity contribution in [1.29, 1.82) is 0 Å². The number of benzene rings is 3. The molecule has 3 aromatic rings. The van der Waals surface area contributed by atoms with Crippen molar-refractivity contribution >= 4 is 0 Å². The number of aliphatic hydroxyl groups excluding tert-OH is 1. The quantitative estimate of drug-likeness (QED) is 0.499. The van der Waals surface area contributed by atoms with Gasteiger partial charge in [0.2, 0.25) is 0 Å². The van der Waals surface area contributed by atoms with E-state index in [4.69, 9.17) is 0 Å². The van der Waals surface area contributed by atoms with Crippen molar-refractivity contribution in [3.8, 4) is 0 Å². The Morgan fingerprint density at radius 1 is 0.700 bits per heavy atom. The summed E-state index contributed by atoms with van der Waals surface area (Å²) in [6.07, 6.45) is 4.00. The normalized spacial score (nSPS) is 16.6. The first-order chi connectivity index (χ1) is 14.8. The van der Waals surface area contributed by atoms with Gasteiger partial charge in [-0.15, -0.1) is 0 Å². The summed E-state index contributed by atoms with van der Waals surface area (Å²) in [6.45, 7) is 3.39. The fraction of sp³-hybridized carbons (Fsp3) is 0.357. The summed E-state index contributed by atoms with van der Waals surface area (Å²) >= 11 is 0. The van der Waals surface area contributed by atoms with Crippen molar-refractivity contribution in [2.45, 2.75) is 37.7 Å². The molecule has 1 N–H and O–H groups in total. The Morgan fingerprint density at radius 3 is 1.67 bits per heavy atom. The molecule has 1 aliphatic rings. The molecule has 0 spiro atoms. The van der Waals surface area contributed by atoms with Gasteiger partial charge >= 0.3 is 0 Å². The first-order valence-corrected chi connectivity index (χ1v) is 11.4. The van der Waals surface area contributed by atoms with Gasteiger partial charge in [0.1, 0.15) is 0 Å². The number of aliphatic hydroxyl groups is 1. The molecule has 30 heavy (non-hydrogen) atoms. The Kier molecular flexibility index (Phi) is 7.34. The first kappa shape index (κ1) is 20.8. The molecule has 1 fully saturated rings. The second-order valence-electron chi connectivity index (χ2n) is 8.55. The van der Waals surface area contributed by atoms with E-state index < -0.39 is 0 Å². The molecule has 1 unspecified atom stereocenters. The maximum absolute atomic E-state index is 10.4. The molecule has 1 aliphatic heterocycles. The van der Waals surface area contributed by atoms with Crippen molar-refractivity contribution in [2.24, 2.45) is 5.92 Å². The first-order valence-electron chi connectivity index (χ1n) is 11.4.